The maximum absolute atomic E-state index is 12.0. The van der Waals surface area contributed by atoms with Gasteiger partial charge in [-0.15, -0.1) is 11.3 Å². The minimum Gasteiger partial charge on any atom is -0.482 e. The summed E-state index contributed by atoms with van der Waals surface area (Å²) >= 11 is 1.68. The number of thiophene rings is 1. The molecule has 0 atom stereocenters. The summed E-state index contributed by atoms with van der Waals surface area (Å²) in [6.45, 7) is 0.0183. The molecule has 2 N–H and O–H groups in total. The highest BCUT2D eigenvalue weighted by Crippen LogP contribution is 2.33. The Balaban J connectivity index is 1.39. The lowest BCUT2D eigenvalue weighted by Crippen LogP contribution is -2.19. The average molecular weight is 312 g/mol. The van der Waals surface area contributed by atoms with Crippen LogP contribution in [0.3, 0.4) is 0 Å². The number of rotatable bonds is 4. The highest BCUT2D eigenvalue weighted by atomic mass is 32.1. The van der Waals surface area contributed by atoms with Gasteiger partial charge in [-0.25, -0.2) is 0 Å². The molecule has 0 unspecified atom stereocenters. The molecule has 1 amide bonds. The van der Waals surface area contributed by atoms with Crippen molar-refractivity contribution in [3.63, 3.8) is 0 Å². The van der Waals surface area contributed by atoms with E-state index in [2.05, 4.69) is 16.4 Å². The number of aromatic amines is 1. The number of aryl methyl sites for hydroxylation is 2. The molecule has 4 rings (SSSR count). The molecule has 0 bridgehead atoms. The number of benzene rings is 1. The van der Waals surface area contributed by atoms with E-state index in [0.717, 1.165) is 28.7 Å². The fourth-order valence-electron chi connectivity index (χ4n) is 2.87. The molecular weight excluding hydrogens is 296 g/mol. The molecule has 5 heteroatoms. The SMILES string of the molecule is O=C(COc1c[nH]c2ccccc12)Nc1cc2c(s1)CCC2. The van der Waals surface area contributed by atoms with Gasteiger partial charge in [-0.3, -0.25) is 4.79 Å². The summed E-state index contributed by atoms with van der Waals surface area (Å²) in [7, 11) is 0. The normalized spacial score (nSPS) is 13.3. The minimum absolute atomic E-state index is 0.0183. The molecule has 0 radical (unpaired) electrons. The molecule has 1 aromatic carbocycles. The highest BCUT2D eigenvalue weighted by Gasteiger charge is 2.16. The Kier molecular flexibility index (Phi) is 3.35. The molecule has 1 aliphatic carbocycles. The van der Waals surface area contributed by atoms with E-state index in [1.807, 2.05) is 24.3 Å². The Bertz CT molecular complexity index is 813. The Labute approximate surface area is 132 Å². The third kappa shape index (κ3) is 2.48. The molecule has 1 aliphatic rings. The number of aromatic nitrogens is 1. The van der Waals surface area contributed by atoms with Gasteiger partial charge in [-0.05, 0) is 43.0 Å². The number of para-hydroxylation sites is 1. The monoisotopic (exact) mass is 312 g/mol. The number of hydrogen-bond acceptors (Lipinski definition) is 3. The van der Waals surface area contributed by atoms with Crippen molar-refractivity contribution in [3.8, 4) is 5.75 Å². The molecule has 112 valence electrons. The zero-order valence-electron chi connectivity index (χ0n) is 12.0. The maximum Gasteiger partial charge on any atom is 0.262 e. The van der Waals surface area contributed by atoms with Crippen LogP contribution in [0.25, 0.3) is 10.9 Å². The molecular formula is C17H16N2O2S. The van der Waals surface area contributed by atoms with Crippen molar-refractivity contribution in [1.29, 1.82) is 0 Å². The van der Waals surface area contributed by atoms with Gasteiger partial charge in [0, 0.05) is 22.0 Å². The molecule has 2 heterocycles. The molecule has 3 aromatic rings. The molecule has 2 aromatic heterocycles. The van der Waals surface area contributed by atoms with Crippen LogP contribution < -0.4 is 10.1 Å². The summed E-state index contributed by atoms with van der Waals surface area (Å²) in [4.78, 5) is 16.6. The number of nitrogens with one attached hydrogen (secondary N) is 2. The first kappa shape index (κ1) is 13.4. The zero-order valence-corrected chi connectivity index (χ0v) is 12.8. The molecule has 22 heavy (non-hydrogen) atoms. The lowest BCUT2D eigenvalue weighted by molar-refractivity contribution is -0.118. The summed E-state index contributed by atoms with van der Waals surface area (Å²) in [6.07, 6.45) is 5.30. The van der Waals surface area contributed by atoms with Crippen molar-refractivity contribution >= 4 is 33.1 Å². The van der Waals surface area contributed by atoms with Crippen LogP contribution in [0.5, 0.6) is 5.75 Å². The highest BCUT2D eigenvalue weighted by molar-refractivity contribution is 7.16. The van der Waals surface area contributed by atoms with Gasteiger partial charge in [0.15, 0.2) is 6.61 Å². The summed E-state index contributed by atoms with van der Waals surface area (Å²) in [5, 5.41) is 4.85. The summed E-state index contributed by atoms with van der Waals surface area (Å²) < 4.78 is 5.63. The number of amides is 1. The van der Waals surface area contributed by atoms with Crippen LogP contribution in [-0.2, 0) is 17.6 Å². The smallest absolute Gasteiger partial charge is 0.262 e. The predicted molar refractivity (Wildman–Crippen MR) is 88.8 cm³/mol. The van der Waals surface area contributed by atoms with Gasteiger partial charge in [-0.2, -0.15) is 0 Å². The minimum atomic E-state index is -0.120. The van der Waals surface area contributed by atoms with Crippen molar-refractivity contribution in [3.05, 3.63) is 47.0 Å². The van der Waals surface area contributed by atoms with E-state index in [0.29, 0.717) is 5.75 Å². The van der Waals surface area contributed by atoms with Crippen LogP contribution in [0, 0.1) is 0 Å². The molecule has 0 fully saturated rings. The van der Waals surface area contributed by atoms with Gasteiger partial charge in [0.2, 0.25) is 0 Å². The van der Waals surface area contributed by atoms with Crippen molar-refractivity contribution in [2.45, 2.75) is 19.3 Å². The Hall–Kier alpha value is -2.27. The standard InChI is InChI=1S/C17H16N2O2S/c20-16(19-17-8-11-4-3-7-15(11)22-17)10-21-14-9-18-13-6-2-1-5-12(13)14/h1-2,5-6,8-9,18H,3-4,7,10H2,(H,19,20). The topological polar surface area (TPSA) is 54.1 Å². The lowest BCUT2D eigenvalue weighted by atomic mass is 10.2. The largest absolute Gasteiger partial charge is 0.482 e. The molecule has 0 aliphatic heterocycles. The number of fused-ring (bicyclic) bond motifs is 2. The van der Waals surface area contributed by atoms with E-state index < -0.39 is 0 Å². The van der Waals surface area contributed by atoms with Crippen LogP contribution in [0.2, 0.25) is 0 Å². The van der Waals surface area contributed by atoms with Gasteiger partial charge >= 0.3 is 0 Å². The molecule has 4 nitrogen and oxygen atoms in total. The number of H-pyrrole nitrogens is 1. The van der Waals surface area contributed by atoms with Crippen LogP contribution in [0.15, 0.2) is 36.5 Å². The van der Waals surface area contributed by atoms with Gasteiger partial charge in [-0.1, -0.05) is 12.1 Å². The van der Waals surface area contributed by atoms with E-state index in [1.54, 1.807) is 17.5 Å². The Morgan fingerprint density at radius 1 is 1.32 bits per heavy atom. The average Bonchev–Trinajstić information content (AvgIpc) is 3.19. The molecule has 0 saturated carbocycles. The fourth-order valence-corrected chi connectivity index (χ4v) is 4.04. The second kappa shape index (κ2) is 5.50. The molecule has 0 saturated heterocycles. The fraction of sp³-hybridized carbons (Fsp3) is 0.235. The lowest BCUT2D eigenvalue weighted by Gasteiger charge is -2.05. The molecule has 0 spiro atoms. The third-order valence-corrected chi connectivity index (χ3v) is 5.07. The maximum atomic E-state index is 12.0. The second-order valence-electron chi connectivity index (χ2n) is 5.45. The van der Waals surface area contributed by atoms with Gasteiger partial charge in [0.25, 0.3) is 5.91 Å². The van der Waals surface area contributed by atoms with Crippen molar-refractivity contribution in [1.82, 2.24) is 4.98 Å². The van der Waals surface area contributed by atoms with E-state index in [4.69, 9.17) is 4.74 Å². The first-order chi connectivity index (χ1) is 10.8. The predicted octanol–water partition coefficient (Wildman–Crippen LogP) is 3.74. The summed E-state index contributed by atoms with van der Waals surface area (Å²) in [5.74, 6) is 0.588. The van der Waals surface area contributed by atoms with Crippen LogP contribution in [-0.4, -0.2) is 17.5 Å². The van der Waals surface area contributed by atoms with Gasteiger partial charge < -0.3 is 15.0 Å². The number of carbonyl (C=O) groups excluding carboxylic acids is 1. The van der Waals surface area contributed by atoms with E-state index in [9.17, 15) is 4.79 Å². The van der Waals surface area contributed by atoms with Crippen molar-refractivity contribution in [2.75, 3.05) is 11.9 Å². The Morgan fingerprint density at radius 3 is 3.14 bits per heavy atom. The van der Waals surface area contributed by atoms with Crippen LogP contribution in [0.4, 0.5) is 5.00 Å². The van der Waals surface area contributed by atoms with E-state index in [-0.39, 0.29) is 12.5 Å². The number of ether oxygens (including phenoxy) is 1. The second-order valence-corrected chi connectivity index (χ2v) is 6.58. The number of carbonyl (C=O) groups is 1. The van der Waals surface area contributed by atoms with Crippen LogP contribution >= 0.6 is 11.3 Å². The zero-order chi connectivity index (χ0) is 14.9. The third-order valence-electron chi connectivity index (χ3n) is 3.92. The quantitative estimate of drug-likeness (QED) is 0.771. The van der Waals surface area contributed by atoms with Gasteiger partial charge in [0.1, 0.15) is 5.75 Å². The first-order valence-corrected chi connectivity index (χ1v) is 8.21. The van der Waals surface area contributed by atoms with Crippen molar-refractivity contribution < 1.29 is 9.53 Å². The van der Waals surface area contributed by atoms with Gasteiger partial charge in [0.05, 0.1) is 5.00 Å². The summed E-state index contributed by atoms with van der Waals surface area (Å²) in [6, 6.07) is 9.97. The number of anilines is 1. The van der Waals surface area contributed by atoms with Crippen molar-refractivity contribution in [2.24, 2.45) is 0 Å². The summed E-state index contributed by atoms with van der Waals surface area (Å²) in [5.41, 5.74) is 2.39. The van der Waals surface area contributed by atoms with E-state index in [1.165, 1.54) is 16.9 Å². The Morgan fingerprint density at radius 2 is 2.23 bits per heavy atom. The first-order valence-electron chi connectivity index (χ1n) is 7.40. The van der Waals surface area contributed by atoms with E-state index >= 15 is 0 Å². The van der Waals surface area contributed by atoms with Crippen LogP contribution in [0.1, 0.15) is 16.9 Å². The number of hydrogen-bond donors (Lipinski definition) is 2.